The predicted molar refractivity (Wildman–Crippen MR) is 81.8 cm³/mol. The molecule has 0 aromatic carbocycles. The zero-order valence-electron chi connectivity index (χ0n) is 12.3. The SMILES string of the molecule is CCNc1ccc([N+](=O)[O-])c(NCCOC2CCCC2)n1. The van der Waals surface area contributed by atoms with Gasteiger partial charge < -0.3 is 15.4 Å². The highest BCUT2D eigenvalue weighted by molar-refractivity contribution is 5.60. The average molecular weight is 294 g/mol. The summed E-state index contributed by atoms with van der Waals surface area (Å²) in [6.07, 6.45) is 5.05. The van der Waals surface area contributed by atoms with E-state index in [1.807, 2.05) is 6.92 Å². The molecule has 1 aromatic rings. The number of anilines is 2. The van der Waals surface area contributed by atoms with Crippen molar-refractivity contribution in [2.75, 3.05) is 30.3 Å². The fraction of sp³-hybridized carbons (Fsp3) is 0.643. The minimum Gasteiger partial charge on any atom is -0.376 e. The third-order valence-corrected chi connectivity index (χ3v) is 3.48. The van der Waals surface area contributed by atoms with E-state index in [1.165, 1.54) is 18.9 Å². The smallest absolute Gasteiger partial charge is 0.311 e. The zero-order chi connectivity index (χ0) is 15.1. The minimum atomic E-state index is -0.428. The van der Waals surface area contributed by atoms with Crippen molar-refractivity contribution in [3.63, 3.8) is 0 Å². The van der Waals surface area contributed by atoms with Gasteiger partial charge in [0.25, 0.3) is 0 Å². The van der Waals surface area contributed by atoms with Crippen LogP contribution in [0.4, 0.5) is 17.3 Å². The molecule has 0 aliphatic heterocycles. The van der Waals surface area contributed by atoms with E-state index < -0.39 is 4.92 Å². The van der Waals surface area contributed by atoms with Crippen molar-refractivity contribution >= 4 is 17.3 Å². The number of hydrogen-bond acceptors (Lipinski definition) is 6. The molecule has 0 radical (unpaired) electrons. The van der Waals surface area contributed by atoms with E-state index in [2.05, 4.69) is 15.6 Å². The molecule has 1 heterocycles. The Balaban J connectivity index is 1.89. The maximum Gasteiger partial charge on any atom is 0.311 e. The monoisotopic (exact) mass is 294 g/mol. The second-order valence-electron chi connectivity index (χ2n) is 5.06. The Bertz CT molecular complexity index is 475. The number of aromatic nitrogens is 1. The molecule has 0 atom stereocenters. The zero-order valence-corrected chi connectivity index (χ0v) is 12.3. The molecule has 21 heavy (non-hydrogen) atoms. The average Bonchev–Trinajstić information content (AvgIpc) is 2.97. The standard InChI is InChI=1S/C14H22N4O3/c1-2-15-13-8-7-12(18(19)20)14(17-13)16-9-10-21-11-5-3-4-6-11/h7-8,11H,2-6,9-10H2,1H3,(H2,15,16,17). The highest BCUT2D eigenvalue weighted by atomic mass is 16.6. The summed E-state index contributed by atoms with van der Waals surface area (Å²) in [5.74, 6) is 0.913. The topological polar surface area (TPSA) is 89.3 Å². The molecule has 0 saturated heterocycles. The van der Waals surface area contributed by atoms with Crippen LogP contribution in [0.1, 0.15) is 32.6 Å². The molecule has 1 saturated carbocycles. The Labute approximate surface area is 124 Å². The Morgan fingerprint density at radius 3 is 2.81 bits per heavy atom. The molecule has 116 valence electrons. The third-order valence-electron chi connectivity index (χ3n) is 3.48. The second-order valence-corrected chi connectivity index (χ2v) is 5.06. The number of rotatable bonds is 8. The van der Waals surface area contributed by atoms with Crippen LogP contribution in [0, 0.1) is 10.1 Å². The summed E-state index contributed by atoms with van der Waals surface area (Å²) in [6.45, 7) is 3.72. The van der Waals surface area contributed by atoms with Crippen LogP contribution in [-0.2, 0) is 4.74 Å². The van der Waals surface area contributed by atoms with E-state index >= 15 is 0 Å². The maximum atomic E-state index is 11.0. The summed E-state index contributed by atoms with van der Waals surface area (Å²) in [5.41, 5.74) is -0.0162. The van der Waals surface area contributed by atoms with Gasteiger partial charge in [-0.15, -0.1) is 0 Å². The first-order valence-electron chi connectivity index (χ1n) is 7.45. The van der Waals surface area contributed by atoms with Crippen molar-refractivity contribution in [3.8, 4) is 0 Å². The van der Waals surface area contributed by atoms with Crippen LogP contribution in [-0.4, -0.2) is 35.7 Å². The van der Waals surface area contributed by atoms with Crippen molar-refractivity contribution < 1.29 is 9.66 Å². The molecule has 0 bridgehead atoms. The van der Waals surface area contributed by atoms with Gasteiger partial charge in [0.15, 0.2) is 0 Å². The van der Waals surface area contributed by atoms with Crippen LogP contribution >= 0.6 is 0 Å². The Hall–Kier alpha value is -1.89. The molecule has 1 aliphatic carbocycles. The lowest BCUT2D eigenvalue weighted by atomic mass is 10.3. The quantitative estimate of drug-likeness (QED) is 0.435. The normalized spacial score (nSPS) is 15.1. The molecule has 2 rings (SSSR count). The third kappa shape index (κ3) is 4.56. The van der Waals surface area contributed by atoms with Gasteiger partial charge in [-0.25, -0.2) is 4.98 Å². The van der Waals surface area contributed by atoms with Gasteiger partial charge >= 0.3 is 5.69 Å². The number of ether oxygens (including phenoxy) is 1. The van der Waals surface area contributed by atoms with Crippen molar-refractivity contribution in [3.05, 3.63) is 22.2 Å². The fourth-order valence-electron chi connectivity index (χ4n) is 2.46. The van der Waals surface area contributed by atoms with Crippen LogP contribution in [0.3, 0.4) is 0 Å². The number of pyridine rings is 1. The summed E-state index contributed by atoms with van der Waals surface area (Å²) in [6, 6.07) is 3.08. The highest BCUT2D eigenvalue weighted by Crippen LogP contribution is 2.24. The molecule has 0 amide bonds. The van der Waals surface area contributed by atoms with E-state index in [-0.39, 0.29) is 11.5 Å². The maximum absolute atomic E-state index is 11.0. The summed E-state index contributed by atoms with van der Waals surface area (Å²) < 4.78 is 5.73. The van der Waals surface area contributed by atoms with E-state index in [1.54, 1.807) is 6.07 Å². The van der Waals surface area contributed by atoms with Gasteiger partial charge in [-0.05, 0) is 25.8 Å². The van der Waals surface area contributed by atoms with E-state index in [4.69, 9.17) is 4.74 Å². The highest BCUT2D eigenvalue weighted by Gasteiger charge is 2.17. The molecule has 0 spiro atoms. The molecule has 1 fully saturated rings. The van der Waals surface area contributed by atoms with Crippen LogP contribution < -0.4 is 10.6 Å². The van der Waals surface area contributed by atoms with E-state index in [9.17, 15) is 10.1 Å². The summed E-state index contributed by atoms with van der Waals surface area (Å²) in [4.78, 5) is 14.8. The first-order chi connectivity index (χ1) is 10.2. The number of nitrogens with one attached hydrogen (secondary N) is 2. The largest absolute Gasteiger partial charge is 0.376 e. The first kappa shape index (κ1) is 15.5. The minimum absolute atomic E-state index is 0.0162. The van der Waals surface area contributed by atoms with Gasteiger partial charge in [-0.1, -0.05) is 12.8 Å². The number of nitrogens with zero attached hydrogens (tertiary/aromatic N) is 2. The van der Waals surface area contributed by atoms with Crippen LogP contribution in [0.15, 0.2) is 12.1 Å². The molecular formula is C14H22N4O3. The van der Waals surface area contributed by atoms with Gasteiger partial charge in [-0.2, -0.15) is 0 Å². The van der Waals surface area contributed by atoms with Crippen LogP contribution in [0.25, 0.3) is 0 Å². The lowest BCUT2D eigenvalue weighted by molar-refractivity contribution is -0.384. The van der Waals surface area contributed by atoms with Gasteiger partial charge in [0.05, 0.1) is 17.6 Å². The fourth-order valence-corrected chi connectivity index (χ4v) is 2.46. The lowest BCUT2D eigenvalue weighted by Gasteiger charge is -2.12. The van der Waals surface area contributed by atoms with Gasteiger partial charge in [0.1, 0.15) is 5.82 Å². The molecule has 7 heteroatoms. The Morgan fingerprint density at radius 2 is 2.14 bits per heavy atom. The van der Waals surface area contributed by atoms with Gasteiger partial charge in [0, 0.05) is 19.2 Å². The second kappa shape index (κ2) is 7.78. The number of nitro groups is 1. The lowest BCUT2D eigenvalue weighted by Crippen LogP contribution is -2.16. The first-order valence-corrected chi connectivity index (χ1v) is 7.45. The number of hydrogen-bond donors (Lipinski definition) is 2. The molecular weight excluding hydrogens is 272 g/mol. The molecule has 7 nitrogen and oxygen atoms in total. The van der Waals surface area contributed by atoms with Crippen molar-refractivity contribution in [1.82, 2.24) is 4.98 Å². The molecule has 0 unspecified atom stereocenters. The summed E-state index contributed by atoms with van der Waals surface area (Å²) >= 11 is 0. The summed E-state index contributed by atoms with van der Waals surface area (Å²) in [7, 11) is 0. The van der Waals surface area contributed by atoms with Gasteiger partial charge in [0.2, 0.25) is 5.82 Å². The van der Waals surface area contributed by atoms with Crippen molar-refractivity contribution in [2.45, 2.75) is 38.7 Å². The van der Waals surface area contributed by atoms with Crippen LogP contribution in [0.5, 0.6) is 0 Å². The van der Waals surface area contributed by atoms with Crippen molar-refractivity contribution in [2.24, 2.45) is 0 Å². The van der Waals surface area contributed by atoms with Crippen molar-refractivity contribution in [1.29, 1.82) is 0 Å². The molecule has 1 aromatic heterocycles. The van der Waals surface area contributed by atoms with Gasteiger partial charge in [-0.3, -0.25) is 10.1 Å². The molecule has 2 N–H and O–H groups in total. The van der Waals surface area contributed by atoms with Crippen LogP contribution in [0.2, 0.25) is 0 Å². The molecule has 1 aliphatic rings. The summed E-state index contributed by atoms with van der Waals surface area (Å²) in [5, 5.41) is 17.1. The van der Waals surface area contributed by atoms with E-state index in [0.717, 1.165) is 19.4 Å². The Morgan fingerprint density at radius 1 is 1.38 bits per heavy atom. The van der Waals surface area contributed by atoms with E-state index in [0.29, 0.717) is 25.1 Å². The Kier molecular flexibility index (Phi) is 5.74. The predicted octanol–water partition coefficient (Wildman–Crippen LogP) is 2.79.